The van der Waals surface area contributed by atoms with Crippen LogP contribution in [0.1, 0.15) is 5.56 Å². The summed E-state index contributed by atoms with van der Waals surface area (Å²) in [5.74, 6) is 1.33. The predicted octanol–water partition coefficient (Wildman–Crippen LogP) is 0.756. The summed E-state index contributed by atoms with van der Waals surface area (Å²) >= 11 is -1.42. The Bertz CT molecular complexity index is 353. The Kier molecular flexibility index (Phi) is 2.20. The van der Waals surface area contributed by atoms with Crippen molar-refractivity contribution in [2.75, 3.05) is 7.11 Å². The summed E-state index contributed by atoms with van der Waals surface area (Å²) < 4.78 is 23.7. The second kappa shape index (κ2) is 3.35. The maximum atomic E-state index is 11.0. The molecule has 0 aromatic heterocycles. The molecule has 0 saturated heterocycles. The van der Waals surface area contributed by atoms with Crippen LogP contribution in [0.4, 0.5) is 0 Å². The summed E-state index contributed by atoms with van der Waals surface area (Å²) in [6.07, 6.45) is 0. The Morgan fingerprint density at radius 1 is 1.62 bits per heavy atom. The standard InChI is InChI=1S/C8H9NO3S/c1-11-7-3-2-6-5-9-13(10)12-8(6)4-7/h2-4,9H,5H2,1H3. The van der Waals surface area contributed by atoms with Gasteiger partial charge in [-0.05, 0) is 6.07 Å². The van der Waals surface area contributed by atoms with Crippen LogP contribution < -0.4 is 13.6 Å². The molecule has 1 N–H and O–H groups in total. The molecule has 0 aliphatic carbocycles. The zero-order valence-electron chi connectivity index (χ0n) is 7.07. The van der Waals surface area contributed by atoms with Crippen LogP contribution in [0.15, 0.2) is 18.2 Å². The zero-order chi connectivity index (χ0) is 9.26. The van der Waals surface area contributed by atoms with Crippen LogP contribution in [0.5, 0.6) is 11.5 Å². The van der Waals surface area contributed by atoms with Crippen LogP contribution in [0.2, 0.25) is 0 Å². The lowest BCUT2D eigenvalue weighted by molar-refractivity contribution is 0.411. The molecule has 1 atom stereocenters. The topological polar surface area (TPSA) is 47.6 Å². The normalized spacial score (nSPS) is 20.2. The van der Waals surface area contributed by atoms with Gasteiger partial charge in [0.15, 0.2) is 0 Å². The van der Waals surface area contributed by atoms with Gasteiger partial charge in [-0.2, -0.15) is 8.93 Å². The largest absolute Gasteiger partial charge is 0.497 e. The van der Waals surface area contributed by atoms with E-state index in [-0.39, 0.29) is 0 Å². The van der Waals surface area contributed by atoms with Crippen LogP contribution in [-0.4, -0.2) is 11.3 Å². The van der Waals surface area contributed by atoms with E-state index in [4.69, 9.17) is 8.92 Å². The SMILES string of the molecule is COc1ccc2c(c1)OS(=O)NC2. The highest BCUT2D eigenvalue weighted by molar-refractivity contribution is 7.78. The zero-order valence-corrected chi connectivity index (χ0v) is 7.89. The molecule has 0 saturated carbocycles. The molecule has 1 aromatic carbocycles. The van der Waals surface area contributed by atoms with Crippen molar-refractivity contribution in [3.63, 3.8) is 0 Å². The second-order valence-electron chi connectivity index (χ2n) is 2.61. The highest BCUT2D eigenvalue weighted by Gasteiger charge is 2.15. The average Bonchev–Trinajstić information content (AvgIpc) is 2.16. The van der Waals surface area contributed by atoms with Gasteiger partial charge in [-0.3, -0.25) is 0 Å². The number of rotatable bonds is 1. The van der Waals surface area contributed by atoms with E-state index in [1.165, 1.54) is 0 Å². The van der Waals surface area contributed by atoms with Crippen molar-refractivity contribution in [3.05, 3.63) is 23.8 Å². The van der Waals surface area contributed by atoms with E-state index in [9.17, 15) is 4.21 Å². The van der Waals surface area contributed by atoms with Gasteiger partial charge in [0.25, 0.3) is 11.3 Å². The van der Waals surface area contributed by atoms with Crippen molar-refractivity contribution in [3.8, 4) is 11.5 Å². The fraction of sp³-hybridized carbons (Fsp3) is 0.250. The third-order valence-corrected chi connectivity index (χ3v) is 2.53. The van der Waals surface area contributed by atoms with Crippen LogP contribution in [-0.2, 0) is 17.8 Å². The summed E-state index contributed by atoms with van der Waals surface area (Å²) in [6, 6.07) is 5.46. The summed E-state index contributed by atoms with van der Waals surface area (Å²) in [6.45, 7) is 0.561. The van der Waals surface area contributed by atoms with Gasteiger partial charge in [0, 0.05) is 18.2 Å². The maximum Gasteiger partial charge on any atom is 0.288 e. The molecular weight excluding hydrogens is 190 g/mol. The van der Waals surface area contributed by atoms with E-state index in [0.717, 1.165) is 5.56 Å². The predicted molar refractivity (Wildman–Crippen MR) is 48.6 cm³/mol. The number of benzene rings is 1. The minimum Gasteiger partial charge on any atom is -0.497 e. The van der Waals surface area contributed by atoms with Crippen LogP contribution >= 0.6 is 0 Å². The molecule has 2 rings (SSSR count). The molecule has 0 bridgehead atoms. The van der Waals surface area contributed by atoms with Gasteiger partial charge in [-0.1, -0.05) is 6.07 Å². The molecule has 0 amide bonds. The van der Waals surface area contributed by atoms with Gasteiger partial charge >= 0.3 is 0 Å². The van der Waals surface area contributed by atoms with Crippen LogP contribution in [0, 0.1) is 0 Å². The van der Waals surface area contributed by atoms with Crippen molar-refractivity contribution in [2.45, 2.75) is 6.54 Å². The van der Waals surface area contributed by atoms with Gasteiger partial charge in [0.05, 0.1) is 7.11 Å². The van der Waals surface area contributed by atoms with Gasteiger partial charge in [-0.25, -0.2) is 0 Å². The molecule has 1 aromatic rings. The molecule has 1 unspecified atom stereocenters. The molecule has 4 nitrogen and oxygen atoms in total. The number of hydrogen-bond donors (Lipinski definition) is 1. The first-order chi connectivity index (χ1) is 6.29. The average molecular weight is 199 g/mol. The van der Waals surface area contributed by atoms with Crippen molar-refractivity contribution in [1.82, 2.24) is 4.72 Å². The highest BCUT2D eigenvalue weighted by Crippen LogP contribution is 2.27. The molecule has 0 fully saturated rings. The molecule has 70 valence electrons. The van der Waals surface area contributed by atoms with Crippen molar-refractivity contribution >= 4 is 11.3 Å². The minimum atomic E-state index is -1.42. The van der Waals surface area contributed by atoms with E-state index < -0.39 is 11.3 Å². The number of ether oxygens (including phenoxy) is 1. The number of hydrogen-bond acceptors (Lipinski definition) is 3. The Balaban J connectivity index is 2.38. The first kappa shape index (κ1) is 8.52. The third-order valence-electron chi connectivity index (χ3n) is 1.82. The monoisotopic (exact) mass is 199 g/mol. The molecule has 1 aliphatic heterocycles. The van der Waals surface area contributed by atoms with E-state index in [0.29, 0.717) is 18.0 Å². The summed E-state index contributed by atoms with van der Waals surface area (Å²) in [7, 11) is 1.58. The fourth-order valence-corrected chi connectivity index (χ4v) is 1.78. The molecule has 13 heavy (non-hydrogen) atoms. The van der Waals surface area contributed by atoms with Crippen molar-refractivity contribution < 1.29 is 13.1 Å². The molecular formula is C8H9NO3S. The van der Waals surface area contributed by atoms with E-state index >= 15 is 0 Å². The Hall–Kier alpha value is -1.07. The lowest BCUT2D eigenvalue weighted by atomic mass is 10.2. The first-order valence-electron chi connectivity index (χ1n) is 3.80. The highest BCUT2D eigenvalue weighted by atomic mass is 32.2. The van der Waals surface area contributed by atoms with Crippen LogP contribution in [0.25, 0.3) is 0 Å². The second-order valence-corrected chi connectivity index (χ2v) is 3.54. The summed E-state index contributed by atoms with van der Waals surface area (Å²) in [5.41, 5.74) is 0.986. The van der Waals surface area contributed by atoms with Gasteiger partial charge in [0.2, 0.25) is 0 Å². The van der Waals surface area contributed by atoms with Crippen molar-refractivity contribution in [1.29, 1.82) is 0 Å². The van der Waals surface area contributed by atoms with E-state index in [1.807, 2.05) is 12.1 Å². The lowest BCUT2D eigenvalue weighted by Gasteiger charge is -2.16. The minimum absolute atomic E-state index is 0.561. The summed E-state index contributed by atoms with van der Waals surface area (Å²) in [5, 5.41) is 0. The van der Waals surface area contributed by atoms with E-state index in [2.05, 4.69) is 4.72 Å². The van der Waals surface area contributed by atoms with Gasteiger partial charge in [0.1, 0.15) is 11.5 Å². The third kappa shape index (κ3) is 1.66. The fourth-order valence-electron chi connectivity index (χ4n) is 1.13. The Morgan fingerprint density at radius 3 is 3.23 bits per heavy atom. The first-order valence-corrected chi connectivity index (χ1v) is 4.87. The molecule has 0 radical (unpaired) electrons. The maximum absolute atomic E-state index is 11.0. The van der Waals surface area contributed by atoms with Gasteiger partial charge in [-0.15, -0.1) is 0 Å². The Morgan fingerprint density at radius 2 is 2.46 bits per heavy atom. The quantitative estimate of drug-likeness (QED) is 0.726. The smallest absolute Gasteiger partial charge is 0.288 e. The van der Waals surface area contributed by atoms with Crippen molar-refractivity contribution in [2.24, 2.45) is 0 Å². The lowest BCUT2D eigenvalue weighted by Crippen LogP contribution is -2.26. The van der Waals surface area contributed by atoms with Crippen LogP contribution in [0.3, 0.4) is 0 Å². The number of fused-ring (bicyclic) bond motifs is 1. The Labute approximate surface area is 78.7 Å². The van der Waals surface area contributed by atoms with Gasteiger partial charge < -0.3 is 8.92 Å². The van der Waals surface area contributed by atoms with E-state index in [1.54, 1.807) is 13.2 Å². The molecule has 1 aliphatic rings. The number of methoxy groups -OCH3 is 1. The summed E-state index contributed by atoms with van der Waals surface area (Å²) in [4.78, 5) is 0. The number of nitrogens with one attached hydrogen (secondary N) is 1. The molecule has 0 spiro atoms. The molecule has 5 heteroatoms. The molecule has 1 heterocycles.